The number of nitrogens with zero attached hydrogens (tertiary/aromatic N) is 3. The molecule has 0 unspecified atom stereocenters. The fourth-order valence-electron chi connectivity index (χ4n) is 1.92. The van der Waals surface area contributed by atoms with Crippen LogP contribution in [0.1, 0.15) is 11.1 Å². The molecule has 5 nitrogen and oxygen atoms in total. The molecule has 0 amide bonds. The Morgan fingerprint density at radius 2 is 1.95 bits per heavy atom. The van der Waals surface area contributed by atoms with Gasteiger partial charge >= 0.3 is 0 Å². The molecular weight excluding hydrogens is 254 g/mol. The van der Waals surface area contributed by atoms with Gasteiger partial charge in [-0.25, -0.2) is 4.68 Å². The van der Waals surface area contributed by atoms with Gasteiger partial charge in [-0.3, -0.25) is 4.79 Å². The monoisotopic (exact) mass is 272 g/mol. The van der Waals surface area contributed by atoms with Gasteiger partial charge in [0.1, 0.15) is 5.75 Å². The quantitative estimate of drug-likeness (QED) is 0.847. The third kappa shape index (κ3) is 2.82. The van der Waals surface area contributed by atoms with E-state index < -0.39 is 0 Å². The molecule has 5 heteroatoms. The average Bonchev–Trinajstić information content (AvgIpc) is 2.44. The summed E-state index contributed by atoms with van der Waals surface area (Å²) in [5, 5.41) is 4.19. The van der Waals surface area contributed by atoms with Gasteiger partial charge in [0.05, 0.1) is 25.5 Å². The smallest absolute Gasteiger partial charge is 0.272 e. The highest BCUT2D eigenvalue weighted by atomic mass is 16.5. The predicted octanol–water partition coefficient (Wildman–Crippen LogP) is 1.55. The molecule has 20 heavy (non-hydrogen) atoms. The first-order valence-corrected chi connectivity index (χ1v) is 6.25. The van der Waals surface area contributed by atoms with E-state index in [1.165, 1.54) is 4.68 Å². The SMILES string of the molecule is [CH2]c1c(N(C)C)cnn(Cc2ccc(OC)cc2)c1=O. The summed E-state index contributed by atoms with van der Waals surface area (Å²) in [7, 11) is 5.34. The first-order chi connectivity index (χ1) is 9.52. The predicted molar refractivity (Wildman–Crippen MR) is 79.4 cm³/mol. The molecule has 0 aliphatic heterocycles. The molecule has 0 aliphatic carbocycles. The second-order valence-corrected chi connectivity index (χ2v) is 4.71. The number of hydrogen-bond acceptors (Lipinski definition) is 4. The molecule has 0 fully saturated rings. The van der Waals surface area contributed by atoms with Gasteiger partial charge < -0.3 is 9.64 Å². The Bertz CT molecular complexity index is 645. The Balaban J connectivity index is 2.29. The number of anilines is 1. The van der Waals surface area contributed by atoms with Crippen LogP contribution in [-0.2, 0) is 6.54 Å². The van der Waals surface area contributed by atoms with Gasteiger partial charge in [0, 0.05) is 19.7 Å². The molecule has 1 heterocycles. The van der Waals surface area contributed by atoms with E-state index in [-0.39, 0.29) is 5.56 Å². The van der Waals surface area contributed by atoms with Crippen molar-refractivity contribution in [2.75, 3.05) is 26.1 Å². The van der Waals surface area contributed by atoms with Gasteiger partial charge in [0.25, 0.3) is 5.56 Å². The Kier molecular flexibility index (Phi) is 4.08. The van der Waals surface area contributed by atoms with E-state index in [1.807, 2.05) is 43.3 Å². The maximum absolute atomic E-state index is 12.2. The van der Waals surface area contributed by atoms with Crippen LogP contribution >= 0.6 is 0 Å². The van der Waals surface area contributed by atoms with E-state index in [0.717, 1.165) is 17.0 Å². The number of rotatable bonds is 4. The summed E-state index contributed by atoms with van der Waals surface area (Å²) < 4.78 is 6.52. The van der Waals surface area contributed by atoms with E-state index in [9.17, 15) is 4.79 Å². The summed E-state index contributed by atoms with van der Waals surface area (Å²) in [4.78, 5) is 14.0. The van der Waals surface area contributed by atoms with Crippen molar-refractivity contribution >= 4 is 5.69 Å². The molecule has 1 radical (unpaired) electrons. The minimum atomic E-state index is -0.174. The van der Waals surface area contributed by atoms with E-state index in [0.29, 0.717) is 12.1 Å². The van der Waals surface area contributed by atoms with Crippen LogP contribution < -0.4 is 15.2 Å². The van der Waals surface area contributed by atoms with Crippen LogP contribution in [-0.4, -0.2) is 31.0 Å². The fraction of sp³-hybridized carbons (Fsp3) is 0.267. The maximum atomic E-state index is 12.2. The second-order valence-electron chi connectivity index (χ2n) is 4.71. The summed E-state index contributed by atoms with van der Waals surface area (Å²) in [5.41, 5.74) is 2.00. The second kappa shape index (κ2) is 5.77. The highest BCUT2D eigenvalue weighted by Gasteiger charge is 2.09. The van der Waals surface area contributed by atoms with E-state index in [1.54, 1.807) is 13.3 Å². The Hall–Kier alpha value is -2.30. The molecule has 0 bridgehead atoms. The number of benzene rings is 1. The molecule has 2 aromatic rings. The zero-order chi connectivity index (χ0) is 14.7. The lowest BCUT2D eigenvalue weighted by atomic mass is 10.2. The van der Waals surface area contributed by atoms with Crippen LogP contribution in [0.2, 0.25) is 0 Å². The van der Waals surface area contributed by atoms with E-state index in [2.05, 4.69) is 12.0 Å². The molecule has 0 N–H and O–H groups in total. The summed E-state index contributed by atoms with van der Waals surface area (Å²) >= 11 is 0. The number of methoxy groups -OCH3 is 1. The molecular formula is C15H18N3O2. The highest BCUT2D eigenvalue weighted by molar-refractivity contribution is 5.50. The van der Waals surface area contributed by atoms with Crippen molar-refractivity contribution in [3.8, 4) is 5.75 Å². The lowest BCUT2D eigenvalue weighted by Crippen LogP contribution is -2.28. The molecule has 0 spiro atoms. The number of hydrogen-bond donors (Lipinski definition) is 0. The standard InChI is InChI=1S/C15H18N3O2/c1-11-14(17(2)3)9-16-18(15(11)19)10-12-5-7-13(20-4)8-6-12/h5-9H,1,10H2,2-4H3. The first kappa shape index (κ1) is 14.1. The topological polar surface area (TPSA) is 47.4 Å². The summed E-state index contributed by atoms with van der Waals surface area (Å²) in [6.07, 6.45) is 1.66. The molecule has 0 atom stereocenters. The normalized spacial score (nSPS) is 10.4. The van der Waals surface area contributed by atoms with Gasteiger partial charge in [0.2, 0.25) is 0 Å². The van der Waals surface area contributed by atoms with E-state index >= 15 is 0 Å². The zero-order valence-electron chi connectivity index (χ0n) is 12.0. The van der Waals surface area contributed by atoms with Crippen molar-refractivity contribution in [2.45, 2.75) is 6.54 Å². The minimum absolute atomic E-state index is 0.174. The van der Waals surface area contributed by atoms with Gasteiger partial charge in [0.15, 0.2) is 0 Å². The van der Waals surface area contributed by atoms with Crippen molar-refractivity contribution in [2.24, 2.45) is 0 Å². The molecule has 0 aliphatic rings. The summed E-state index contributed by atoms with van der Waals surface area (Å²) in [6.45, 7) is 4.25. The van der Waals surface area contributed by atoms with Crippen LogP contribution in [0.15, 0.2) is 35.3 Å². The number of aromatic nitrogens is 2. The van der Waals surface area contributed by atoms with Gasteiger partial charge in [-0.2, -0.15) is 5.10 Å². The average molecular weight is 272 g/mol. The lowest BCUT2D eigenvalue weighted by molar-refractivity contribution is 0.414. The third-order valence-corrected chi connectivity index (χ3v) is 3.09. The largest absolute Gasteiger partial charge is 0.497 e. The van der Waals surface area contributed by atoms with Crippen molar-refractivity contribution < 1.29 is 4.74 Å². The third-order valence-electron chi connectivity index (χ3n) is 3.09. The summed E-state index contributed by atoms with van der Waals surface area (Å²) in [6, 6.07) is 7.55. The molecule has 1 aromatic heterocycles. The Morgan fingerprint density at radius 3 is 2.50 bits per heavy atom. The molecule has 105 valence electrons. The molecule has 1 aromatic carbocycles. The van der Waals surface area contributed by atoms with Crippen LogP contribution in [0.3, 0.4) is 0 Å². The Labute approximate surface area is 118 Å². The molecule has 0 saturated heterocycles. The van der Waals surface area contributed by atoms with Gasteiger partial charge in [-0.05, 0) is 24.6 Å². The Morgan fingerprint density at radius 1 is 1.30 bits per heavy atom. The fourth-order valence-corrected chi connectivity index (χ4v) is 1.92. The van der Waals surface area contributed by atoms with Crippen LogP contribution in [0, 0.1) is 6.92 Å². The molecule has 0 saturated carbocycles. The minimum Gasteiger partial charge on any atom is -0.497 e. The van der Waals surface area contributed by atoms with Crippen molar-refractivity contribution in [1.82, 2.24) is 9.78 Å². The maximum Gasteiger partial charge on any atom is 0.272 e. The highest BCUT2D eigenvalue weighted by Crippen LogP contribution is 2.13. The van der Waals surface area contributed by atoms with Crippen LogP contribution in [0.4, 0.5) is 5.69 Å². The van der Waals surface area contributed by atoms with Crippen LogP contribution in [0.5, 0.6) is 5.75 Å². The van der Waals surface area contributed by atoms with Gasteiger partial charge in [-0.15, -0.1) is 0 Å². The van der Waals surface area contributed by atoms with Crippen molar-refractivity contribution in [1.29, 1.82) is 0 Å². The van der Waals surface area contributed by atoms with Crippen molar-refractivity contribution in [3.63, 3.8) is 0 Å². The van der Waals surface area contributed by atoms with Crippen LogP contribution in [0.25, 0.3) is 0 Å². The first-order valence-electron chi connectivity index (χ1n) is 6.25. The zero-order valence-corrected chi connectivity index (χ0v) is 12.0. The molecule has 2 rings (SSSR count). The van der Waals surface area contributed by atoms with Gasteiger partial charge in [-0.1, -0.05) is 12.1 Å². The lowest BCUT2D eigenvalue weighted by Gasteiger charge is -2.15. The number of ether oxygens (including phenoxy) is 1. The van der Waals surface area contributed by atoms with Crippen molar-refractivity contribution in [3.05, 3.63) is 58.9 Å². The van der Waals surface area contributed by atoms with E-state index in [4.69, 9.17) is 4.74 Å². The summed E-state index contributed by atoms with van der Waals surface area (Å²) in [5.74, 6) is 0.787.